The Morgan fingerprint density at radius 3 is 2.34 bits per heavy atom. The molecule has 0 spiro atoms. The number of pyridine rings is 1. The first-order valence-corrected chi connectivity index (χ1v) is 14.1. The number of carboxylic acid groups (broad SMARTS) is 1. The molecule has 194 valence electrons. The molecule has 2 N–H and O–H groups in total. The van der Waals surface area contributed by atoms with Gasteiger partial charge in [0.2, 0.25) is 9.84 Å². The van der Waals surface area contributed by atoms with Gasteiger partial charge in [-0.2, -0.15) is 0 Å². The van der Waals surface area contributed by atoms with Crippen LogP contribution in [0.15, 0.2) is 82.8 Å². The third-order valence-corrected chi connectivity index (χ3v) is 8.86. The molecule has 0 saturated carbocycles. The van der Waals surface area contributed by atoms with E-state index in [0.717, 1.165) is 37.9 Å². The number of sulfone groups is 1. The standard InChI is InChI=1S/C28H27N5O4S/c34-24(35)17-23-30-25-26(33(23)20-12-15-32(16-13-20)18-19-7-3-1-4-8-19)22-11-14-29-27(22)31-28(25)38(36,37)21-9-5-2-6-10-21/h1-11,14,20H,12-13,15-18H2,(H,29,31)(H,34,35). The number of aliphatic carboxylic acids is 1. The zero-order valence-electron chi connectivity index (χ0n) is 20.6. The van der Waals surface area contributed by atoms with Crippen LogP contribution in [0.1, 0.15) is 30.3 Å². The Balaban J connectivity index is 1.46. The minimum Gasteiger partial charge on any atom is -0.481 e. The van der Waals surface area contributed by atoms with Gasteiger partial charge in [-0.05, 0) is 36.6 Å². The third kappa shape index (κ3) is 4.35. The molecule has 1 saturated heterocycles. The predicted octanol–water partition coefficient (Wildman–Crippen LogP) is 4.21. The summed E-state index contributed by atoms with van der Waals surface area (Å²) in [6, 6.07) is 20.3. The highest BCUT2D eigenvalue weighted by Crippen LogP contribution is 2.36. The van der Waals surface area contributed by atoms with Gasteiger partial charge in [0.1, 0.15) is 23.4 Å². The first-order chi connectivity index (χ1) is 18.4. The molecule has 1 aliphatic heterocycles. The van der Waals surface area contributed by atoms with Gasteiger partial charge in [0.15, 0.2) is 5.03 Å². The van der Waals surface area contributed by atoms with Crippen LogP contribution in [0, 0.1) is 0 Å². The quantitative estimate of drug-likeness (QED) is 0.324. The summed E-state index contributed by atoms with van der Waals surface area (Å²) in [5, 5.41) is 10.3. The number of rotatable bonds is 7. The summed E-state index contributed by atoms with van der Waals surface area (Å²) in [6.07, 6.45) is 2.99. The number of nitrogens with one attached hydrogen (secondary N) is 1. The Hall–Kier alpha value is -4.02. The van der Waals surface area contributed by atoms with E-state index < -0.39 is 15.8 Å². The Labute approximate surface area is 219 Å². The molecule has 0 bridgehead atoms. The Morgan fingerprint density at radius 1 is 0.974 bits per heavy atom. The zero-order valence-corrected chi connectivity index (χ0v) is 21.4. The van der Waals surface area contributed by atoms with E-state index in [2.05, 4.69) is 32.0 Å². The number of carboxylic acids is 1. The fraction of sp³-hybridized carbons (Fsp3) is 0.250. The van der Waals surface area contributed by atoms with Crippen molar-refractivity contribution in [1.82, 2.24) is 24.4 Å². The van der Waals surface area contributed by atoms with Crippen LogP contribution in [0.2, 0.25) is 0 Å². The molecule has 1 fully saturated rings. The second-order valence-electron chi connectivity index (χ2n) is 9.63. The lowest BCUT2D eigenvalue weighted by atomic mass is 10.0. The van der Waals surface area contributed by atoms with Crippen LogP contribution in [0.3, 0.4) is 0 Å². The molecular formula is C28H27N5O4S. The van der Waals surface area contributed by atoms with E-state index in [9.17, 15) is 18.3 Å². The Bertz CT molecular complexity index is 1720. The average molecular weight is 530 g/mol. The van der Waals surface area contributed by atoms with Gasteiger partial charge >= 0.3 is 5.97 Å². The SMILES string of the molecule is O=C(O)Cc1nc2c(S(=O)(=O)c3ccccc3)nc3[nH]ccc3c2n1C1CCN(Cc2ccccc2)CC1. The molecule has 0 amide bonds. The summed E-state index contributed by atoms with van der Waals surface area (Å²) in [4.78, 5) is 26.5. The third-order valence-electron chi connectivity index (χ3n) is 7.17. The highest BCUT2D eigenvalue weighted by Gasteiger charge is 2.31. The number of nitrogens with zero attached hydrogens (tertiary/aromatic N) is 4. The number of aromatic nitrogens is 4. The van der Waals surface area contributed by atoms with Crippen molar-refractivity contribution >= 4 is 37.9 Å². The molecule has 0 radical (unpaired) electrons. The predicted molar refractivity (Wildman–Crippen MR) is 143 cm³/mol. The zero-order chi connectivity index (χ0) is 26.3. The maximum absolute atomic E-state index is 13.7. The molecule has 0 aliphatic carbocycles. The molecule has 4 heterocycles. The van der Waals surface area contributed by atoms with E-state index in [0.29, 0.717) is 17.0 Å². The van der Waals surface area contributed by atoms with Gasteiger partial charge in [-0.3, -0.25) is 9.69 Å². The lowest BCUT2D eigenvalue weighted by molar-refractivity contribution is -0.136. The molecule has 9 nitrogen and oxygen atoms in total. The van der Waals surface area contributed by atoms with Crippen LogP contribution in [0.4, 0.5) is 0 Å². The largest absolute Gasteiger partial charge is 0.481 e. The number of piperidine rings is 1. The highest BCUT2D eigenvalue weighted by molar-refractivity contribution is 7.91. The molecule has 5 aromatic rings. The lowest BCUT2D eigenvalue weighted by Crippen LogP contribution is -2.34. The molecule has 2 aromatic carbocycles. The van der Waals surface area contributed by atoms with Crippen molar-refractivity contribution in [3.63, 3.8) is 0 Å². The number of carbonyl (C=O) groups is 1. The first kappa shape index (κ1) is 24.3. The smallest absolute Gasteiger partial charge is 0.311 e. The van der Waals surface area contributed by atoms with Crippen LogP contribution in [0.25, 0.3) is 22.1 Å². The number of aromatic amines is 1. The van der Waals surface area contributed by atoms with Crippen molar-refractivity contribution in [3.05, 3.63) is 84.3 Å². The van der Waals surface area contributed by atoms with Gasteiger partial charge in [0, 0.05) is 37.3 Å². The topological polar surface area (TPSA) is 121 Å². The molecule has 0 unspecified atom stereocenters. The minimum absolute atomic E-state index is 0.0193. The molecule has 10 heteroatoms. The number of benzene rings is 2. The highest BCUT2D eigenvalue weighted by atomic mass is 32.2. The molecule has 6 rings (SSSR count). The lowest BCUT2D eigenvalue weighted by Gasteiger charge is -2.33. The summed E-state index contributed by atoms with van der Waals surface area (Å²) < 4.78 is 29.4. The molecule has 0 atom stereocenters. The molecule has 38 heavy (non-hydrogen) atoms. The summed E-state index contributed by atoms with van der Waals surface area (Å²) >= 11 is 0. The minimum atomic E-state index is -4.00. The van der Waals surface area contributed by atoms with E-state index in [1.165, 1.54) is 17.7 Å². The fourth-order valence-corrected chi connectivity index (χ4v) is 6.76. The van der Waals surface area contributed by atoms with Crippen LogP contribution >= 0.6 is 0 Å². The van der Waals surface area contributed by atoms with Crippen molar-refractivity contribution < 1.29 is 18.3 Å². The van der Waals surface area contributed by atoms with Crippen molar-refractivity contribution in [1.29, 1.82) is 0 Å². The Morgan fingerprint density at radius 2 is 1.66 bits per heavy atom. The van der Waals surface area contributed by atoms with E-state index in [-0.39, 0.29) is 27.9 Å². The van der Waals surface area contributed by atoms with Crippen molar-refractivity contribution in [2.45, 2.75) is 41.8 Å². The van der Waals surface area contributed by atoms with E-state index in [1.54, 1.807) is 24.4 Å². The second kappa shape index (κ2) is 9.70. The van der Waals surface area contributed by atoms with Gasteiger partial charge in [0.25, 0.3) is 0 Å². The van der Waals surface area contributed by atoms with Gasteiger partial charge in [-0.15, -0.1) is 0 Å². The number of H-pyrrole nitrogens is 1. The monoisotopic (exact) mass is 529 g/mol. The number of imidazole rings is 1. The van der Waals surface area contributed by atoms with Gasteiger partial charge in [0.05, 0.1) is 10.4 Å². The van der Waals surface area contributed by atoms with Crippen molar-refractivity contribution in [2.24, 2.45) is 0 Å². The summed E-state index contributed by atoms with van der Waals surface area (Å²) in [5.74, 6) is -0.678. The summed E-state index contributed by atoms with van der Waals surface area (Å²) in [6.45, 7) is 2.52. The number of hydrogen-bond donors (Lipinski definition) is 2. The average Bonchev–Trinajstić information content (AvgIpc) is 3.54. The van der Waals surface area contributed by atoms with E-state index in [1.807, 2.05) is 28.8 Å². The summed E-state index contributed by atoms with van der Waals surface area (Å²) in [5.41, 5.74) is 2.51. The van der Waals surface area contributed by atoms with Gasteiger partial charge in [-0.25, -0.2) is 18.4 Å². The maximum atomic E-state index is 13.7. The summed E-state index contributed by atoms with van der Waals surface area (Å²) in [7, 11) is -4.00. The number of likely N-dealkylation sites (tertiary alicyclic amines) is 1. The molecular weight excluding hydrogens is 502 g/mol. The molecule has 3 aromatic heterocycles. The van der Waals surface area contributed by atoms with Gasteiger partial charge in [-0.1, -0.05) is 48.5 Å². The number of fused-ring (bicyclic) bond motifs is 3. The second-order valence-corrected chi connectivity index (χ2v) is 11.5. The van der Waals surface area contributed by atoms with Crippen molar-refractivity contribution in [2.75, 3.05) is 13.1 Å². The normalized spacial score (nSPS) is 15.4. The van der Waals surface area contributed by atoms with Crippen LogP contribution in [-0.2, 0) is 27.6 Å². The fourth-order valence-electron chi connectivity index (χ4n) is 5.41. The van der Waals surface area contributed by atoms with E-state index in [4.69, 9.17) is 0 Å². The van der Waals surface area contributed by atoms with Crippen LogP contribution < -0.4 is 0 Å². The number of hydrogen-bond acceptors (Lipinski definition) is 6. The Kier molecular flexibility index (Phi) is 6.21. The van der Waals surface area contributed by atoms with Crippen molar-refractivity contribution in [3.8, 4) is 0 Å². The van der Waals surface area contributed by atoms with Crippen LogP contribution in [0.5, 0.6) is 0 Å². The van der Waals surface area contributed by atoms with Crippen LogP contribution in [-0.4, -0.2) is 57.0 Å². The molecule has 1 aliphatic rings. The van der Waals surface area contributed by atoms with Gasteiger partial charge < -0.3 is 14.7 Å². The first-order valence-electron chi connectivity index (χ1n) is 12.6. The van der Waals surface area contributed by atoms with E-state index >= 15 is 0 Å². The maximum Gasteiger partial charge on any atom is 0.311 e.